The van der Waals surface area contributed by atoms with Gasteiger partial charge in [0.05, 0.1) is 12.6 Å². The molecule has 0 aliphatic carbocycles. The minimum absolute atomic E-state index is 0.207. The highest BCUT2D eigenvalue weighted by atomic mass is 32.2. The van der Waals surface area contributed by atoms with Crippen molar-refractivity contribution >= 4 is 17.6 Å². The van der Waals surface area contributed by atoms with Crippen LogP contribution in [-0.4, -0.2) is 40.5 Å². The second kappa shape index (κ2) is 5.50. The van der Waals surface area contributed by atoms with Crippen LogP contribution in [-0.2, 0) is 0 Å². The maximum absolute atomic E-state index is 9.36. The van der Waals surface area contributed by atoms with Gasteiger partial charge in [0, 0.05) is 12.7 Å². The van der Waals surface area contributed by atoms with E-state index >= 15 is 0 Å². The van der Waals surface area contributed by atoms with Crippen molar-refractivity contribution in [3.63, 3.8) is 0 Å². The van der Waals surface area contributed by atoms with Crippen molar-refractivity contribution in [1.29, 1.82) is 0 Å². The normalized spacial score (nSPS) is 21.1. The Morgan fingerprint density at radius 3 is 3.19 bits per heavy atom. The van der Waals surface area contributed by atoms with Gasteiger partial charge in [-0.1, -0.05) is 11.8 Å². The van der Waals surface area contributed by atoms with Crippen LogP contribution in [0.15, 0.2) is 17.4 Å². The molecule has 1 N–H and O–H groups in total. The Balaban J connectivity index is 2.20. The second-order valence-electron chi connectivity index (χ2n) is 3.93. The molecule has 0 saturated carbocycles. The standard InChI is InChI=1S/C11H17N3OS/c1-16-11-12-6-5-10(13-11)14-7-3-2-4-9(14)8-15/h5-6,9,15H,2-4,7-8H2,1H3/t9-/m1/s1. The lowest BCUT2D eigenvalue weighted by molar-refractivity contribution is 0.239. The van der Waals surface area contributed by atoms with E-state index in [2.05, 4.69) is 14.9 Å². The second-order valence-corrected chi connectivity index (χ2v) is 4.70. The van der Waals surface area contributed by atoms with Crippen LogP contribution in [0, 0.1) is 0 Å². The number of aliphatic hydroxyl groups is 1. The summed E-state index contributed by atoms with van der Waals surface area (Å²) in [7, 11) is 0. The number of aliphatic hydroxyl groups excluding tert-OH is 1. The van der Waals surface area contributed by atoms with E-state index in [-0.39, 0.29) is 12.6 Å². The van der Waals surface area contributed by atoms with Gasteiger partial charge in [0.2, 0.25) is 0 Å². The number of thioether (sulfide) groups is 1. The van der Waals surface area contributed by atoms with Gasteiger partial charge in [0.15, 0.2) is 5.16 Å². The van der Waals surface area contributed by atoms with Crippen LogP contribution in [0.5, 0.6) is 0 Å². The van der Waals surface area contributed by atoms with Gasteiger partial charge >= 0.3 is 0 Å². The monoisotopic (exact) mass is 239 g/mol. The lowest BCUT2D eigenvalue weighted by atomic mass is 10.0. The first-order chi connectivity index (χ1) is 7.85. The summed E-state index contributed by atoms with van der Waals surface area (Å²) in [5.41, 5.74) is 0. The predicted molar refractivity (Wildman–Crippen MR) is 65.9 cm³/mol. The molecule has 2 heterocycles. The SMILES string of the molecule is CSc1nccc(N2CCCC[C@@H]2CO)n1. The maximum Gasteiger partial charge on any atom is 0.189 e. The van der Waals surface area contributed by atoms with Crippen molar-refractivity contribution in [3.8, 4) is 0 Å². The summed E-state index contributed by atoms with van der Waals surface area (Å²) in [6.07, 6.45) is 7.18. The van der Waals surface area contributed by atoms with Gasteiger partial charge in [-0.3, -0.25) is 0 Å². The topological polar surface area (TPSA) is 49.2 Å². The molecule has 0 unspecified atom stereocenters. The number of anilines is 1. The zero-order chi connectivity index (χ0) is 11.4. The predicted octanol–water partition coefficient (Wildman–Crippen LogP) is 1.55. The average Bonchev–Trinajstić information content (AvgIpc) is 2.38. The van der Waals surface area contributed by atoms with Crippen molar-refractivity contribution in [2.24, 2.45) is 0 Å². The molecule has 1 aromatic rings. The lowest BCUT2D eigenvalue weighted by Crippen LogP contribution is -2.42. The first-order valence-corrected chi connectivity index (χ1v) is 6.82. The van der Waals surface area contributed by atoms with E-state index in [4.69, 9.17) is 0 Å². The van der Waals surface area contributed by atoms with E-state index in [0.29, 0.717) is 0 Å². The van der Waals surface area contributed by atoms with E-state index in [9.17, 15) is 5.11 Å². The molecule has 0 bridgehead atoms. The number of hydrogen-bond donors (Lipinski definition) is 1. The Labute approximate surface area is 100 Å². The van der Waals surface area contributed by atoms with E-state index in [0.717, 1.165) is 23.9 Å². The molecule has 1 atom stereocenters. The number of hydrogen-bond acceptors (Lipinski definition) is 5. The zero-order valence-corrected chi connectivity index (χ0v) is 10.3. The van der Waals surface area contributed by atoms with Gasteiger partial charge in [-0.15, -0.1) is 0 Å². The molecule has 0 aromatic carbocycles. The quantitative estimate of drug-likeness (QED) is 0.640. The number of aromatic nitrogens is 2. The van der Waals surface area contributed by atoms with E-state index < -0.39 is 0 Å². The fourth-order valence-electron chi connectivity index (χ4n) is 2.08. The highest BCUT2D eigenvalue weighted by Crippen LogP contribution is 2.23. The molecule has 1 aromatic heterocycles. The minimum atomic E-state index is 0.207. The van der Waals surface area contributed by atoms with Crippen LogP contribution >= 0.6 is 11.8 Å². The van der Waals surface area contributed by atoms with Crippen molar-refractivity contribution in [3.05, 3.63) is 12.3 Å². The molecule has 1 aliphatic heterocycles. The van der Waals surface area contributed by atoms with Crippen molar-refractivity contribution in [2.75, 3.05) is 24.3 Å². The molecule has 16 heavy (non-hydrogen) atoms. The summed E-state index contributed by atoms with van der Waals surface area (Å²) >= 11 is 1.54. The average molecular weight is 239 g/mol. The molecule has 0 spiro atoms. The third-order valence-electron chi connectivity index (χ3n) is 2.93. The number of nitrogens with zero attached hydrogens (tertiary/aromatic N) is 3. The first kappa shape index (κ1) is 11.7. The Hall–Kier alpha value is -0.810. The summed E-state index contributed by atoms with van der Waals surface area (Å²) in [4.78, 5) is 10.8. The van der Waals surface area contributed by atoms with Crippen LogP contribution in [0.1, 0.15) is 19.3 Å². The van der Waals surface area contributed by atoms with Gasteiger partial charge in [-0.2, -0.15) is 0 Å². The lowest BCUT2D eigenvalue weighted by Gasteiger charge is -2.35. The Bertz CT molecular complexity index is 348. The summed E-state index contributed by atoms with van der Waals surface area (Å²) in [5.74, 6) is 0.943. The fraction of sp³-hybridized carbons (Fsp3) is 0.636. The van der Waals surface area contributed by atoms with Crippen molar-refractivity contribution in [1.82, 2.24) is 9.97 Å². The molecule has 0 amide bonds. The van der Waals surface area contributed by atoms with E-state index in [1.165, 1.54) is 12.8 Å². The summed E-state index contributed by atoms with van der Waals surface area (Å²) < 4.78 is 0. The zero-order valence-electron chi connectivity index (χ0n) is 9.46. The Kier molecular flexibility index (Phi) is 4.01. The molecule has 4 nitrogen and oxygen atoms in total. The highest BCUT2D eigenvalue weighted by molar-refractivity contribution is 7.98. The molecular formula is C11H17N3OS. The number of rotatable bonds is 3. The summed E-state index contributed by atoms with van der Waals surface area (Å²) in [5, 5.41) is 10.2. The molecular weight excluding hydrogens is 222 g/mol. The smallest absolute Gasteiger partial charge is 0.189 e. The van der Waals surface area contributed by atoms with Crippen LogP contribution in [0.3, 0.4) is 0 Å². The Morgan fingerprint density at radius 2 is 2.44 bits per heavy atom. The van der Waals surface area contributed by atoms with Gasteiger partial charge in [-0.25, -0.2) is 9.97 Å². The largest absolute Gasteiger partial charge is 0.394 e. The summed E-state index contributed by atoms with van der Waals surface area (Å²) in [6.45, 7) is 1.19. The molecule has 1 saturated heterocycles. The van der Waals surface area contributed by atoms with Crippen LogP contribution in [0.2, 0.25) is 0 Å². The fourth-order valence-corrected chi connectivity index (χ4v) is 2.43. The van der Waals surface area contributed by atoms with Crippen LogP contribution in [0.4, 0.5) is 5.82 Å². The molecule has 0 radical (unpaired) electrons. The van der Waals surface area contributed by atoms with E-state index in [1.807, 2.05) is 12.3 Å². The third-order valence-corrected chi connectivity index (χ3v) is 3.50. The van der Waals surface area contributed by atoms with Crippen molar-refractivity contribution in [2.45, 2.75) is 30.5 Å². The van der Waals surface area contributed by atoms with Gasteiger partial charge in [0.1, 0.15) is 5.82 Å². The molecule has 2 rings (SSSR count). The first-order valence-electron chi connectivity index (χ1n) is 5.59. The minimum Gasteiger partial charge on any atom is -0.394 e. The van der Waals surface area contributed by atoms with E-state index in [1.54, 1.807) is 18.0 Å². The maximum atomic E-state index is 9.36. The number of piperidine rings is 1. The molecule has 88 valence electrons. The van der Waals surface area contributed by atoms with Gasteiger partial charge < -0.3 is 10.0 Å². The van der Waals surface area contributed by atoms with Gasteiger partial charge in [0.25, 0.3) is 0 Å². The molecule has 1 fully saturated rings. The van der Waals surface area contributed by atoms with Crippen LogP contribution < -0.4 is 4.90 Å². The summed E-state index contributed by atoms with van der Waals surface area (Å²) in [6, 6.07) is 2.15. The van der Waals surface area contributed by atoms with Crippen LogP contribution in [0.25, 0.3) is 0 Å². The highest BCUT2D eigenvalue weighted by Gasteiger charge is 2.22. The molecule has 1 aliphatic rings. The molecule has 5 heteroatoms. The van der Waals surface area contributed by atoms with Crippen molar-refractivity contribution < 1.29 is 5.11 Å². The van der Waals surface area contributed by atoms with Gasteiger partial charge in [-0.05, 0) is 31.6 Å². The Morgan fingerprint density at radius 1 is 1.56 bits per heavy atom. The third kappa shape index (κ3) is 2.47.